The summed E-state index contributed by atoms with van der Waals surface area (Å²) in [5.74, 6) is 1.34. The molecule has 1 amide bonds. The number of hydrogen-bond donors (Lipinski definition) is 1. The maximum atomic E-state index is 12.8. The molecular weight excluding hydrogens is 378 g/mol. The van der Waals surface area contributed by atoms with E-state index in [-0.39, 0.29) is 5.91 Å². The Bertz CT molecular complexity index is 957. The summed E-state index contributed by atoms with van der Waals surface area (Å²) in [5.41, 5.74) is 1.92. The molecule has 1 N–H and O–H groups in total. The van der Waals surface area contributed by atoms with Crippen LogP contribution in [-0.2, 0) is 6.61 Å². The van der Waals surface area contributed by atoms with Gasteiger partial charge in [0.25, 0.3) is 5.91 Å². The van der Waals surface area contributed by atoms with Crippen molar-refractivity contribution in [3.63, 3.8) is 0 Å². The highest BCUT2D eigenvalue weighted by molar-refractivity contribution is 6.30. The van der Waals surface area contributed by atoms with Crippen LogP contribution in [0.4, 0.5) is 5.69 Å². The minimum Gasteiger partial charge on any atom is -0.497 e. The smallest absolute Gasteiger partial charge is 0.259 e. The summed E-state index contributed by atoms with van der Waals surface area (Å²) in [5, 5.41) is 3.52. The second-order valence-corrected chi connectivity index (χ2v) is 6.37. The fourth-order valence-electron chi connectivity index (χ4n) is 2.61. The van der Waals surface area contributed by atoms with Crippen LogP contribution in [0.15, 0.2) is 66.7 Å². The van der Waals surface area contributed by atoms with Gasteiger partial charge in [-0.25, -0.2) is 0 Å². The molecule has 6 heteroatoms. The summed E-state index contributed by atoms with van der Waals surface area (Å²) < 4.78 is 16.4. The Kier molecular flexibility index (Phi) is 6.40. The minimum absolute atomic E-state index is 0.296. The average molecular weight is 398 g/mol. The lowest BCUT2D eigenvalue weighted by Gasteiger charge is -2.14. The number of para-hydroxylation sites is 1. The minimum atomic E-state index is -0.296. The third-order valence-corrected chi connectivity index (χ3v) is 4.35. The zero-order chi connectivity index (χ0) is 19.9. The lowest BCUT2D eigenvalue weighted by Crippen LogP contribution is -2.14. The molecule has 0 fully saturated rings. The molecule has 144 valence electrons. The standard InChI is InChI=1S/C22H20ClNO4/c1-26-17-11-12-19(21(13-17)27-2)24-22(25)18-5-3-4-6-20(18)28-14-15-7-9-16(23)10-8-15/h3-13H,14H2,1-2H3,(H,24,25). The van der Waals surface area contributed by atoms with Gasteiger partial charge < -0.3 is 19.5 Å². The molecule has 3 rings (SSSR count). The van der Waals surface area contributed by atoms with E-state index in [1.165, 1.54) is 7.11 Å². The summed E-state index contributed by atoms with van der Waals surface area (Å²) in [6, 6.07) is 19.6. The molecule has 0 radical (unpaired) electrons. The lowest BCUT2D eigenvalue weighted by atomic mass is 10.1. The van der Waals surface area contributed by atoms with E-state index < -0.39 is 0 Å². The Hall–Kier alpha value is -3.18. The van der Waals surface area contributed by atoms with E-state index in [0.717, 1.165) is 5.56 Å². The van der Waals surface area contributed by atoms with Gasteiger partial charge in [-0.2, -0.15) is 0 Å². The fourth-order valence-corrected chi connectivity index (χ4v) is 2.74. The molecule has 0 spiro atoms. The first kappa shape index (κ1) is 19.6. The number of amides is 1. The number of methoxy groups -OCH3 is 2. The Morgan fingerprint density at radius 1 is 0.929 bits per heavy atom. The Morgan fingerprint density at radius 2 is 1.68 bits per heavy atom. The molecule has 0 saturated heterocycles. The van der Waals surface area contributed by atoms with Gasteiger partial charge in [-0.1, -0.05) is 35.9 Å². The first-order chi connectivity index (χ1) is 13.6. The number of halogens is 1. The highest BCUT2D eigenvalue weighted by atomic mass is 35.5. The van der Waals surface area contributed by atoms with E-state index in [9.17, 15) is 4.79 Å². The van der Waals surface area contributed by atoms with Crippen molar-refractivity contribution >= 4 is 23.2 Å². The highest BCUT2D eigenvalue weighted by Crippen LogP contribution is 2.30. The summed E-state index contributed by atoms with van der Waals surface area (Å²) in [7, 11) is 3.11. The van der Waals surface area contributed by atoms with Crippen LogP contribution in [0.3, 0.4) is 0 Å². The molecule has 0 aliphatic rings. The van der Waals surface area contributed by atoms with Crippen LogP contribution in [0, 0.1) is 0 Å². The summed E-state index contributed by atoms with van der Waals surface area (Å²) in [6.45, 7) is 0.327. The fraction of sp³-hybridized carbons (Fsp3) is 0.136. The van der Waals surface area contributed by atoms with Crippen LogP contribution in [0.5, 0.6) is 17.2 Å². The largest absolute Gasteiger partial charge is 0.497 e. The van der Waals surface area contributed by atoms with Crippen molar-refractivity contribution in [3.8, 4) is 17.2 Å². The highest BCUT2D eigenvalue weighted by Gasteiger charge is 2.15. The molecule has 5 nitrogen and oxygen atoms in total. The van der Waals surface area contributed by atoms with Crippen LogP contribution in [0.2, 0.25) is 5.02 Å². The van der Waals surface area contributed by atoms with Crippen molar-refractivity contribution in [2.45, 2.75) is 6.61 Å². The van der Waals surface area contributed by atoms with Gasteiger partial charge in [0.15, 0.2) is 0 Å². The van der Waals surface area contributed by atoms with Crippen molar-refractivity contribution in [1.29, 1.82) is 0 Å². The topological polar surface area (TPSA) is 56.8 Å². The Labute approximate surface area is 168 Å². The Balaban J connectivity index is 1.76. The van der Waals surface area contributed by atoms with Crippen LogP contribution in [0.25, 0.3) is 0 Å². The quantitative estimate of drug-likeness (QED) is 0.596. The first-order valence-corrected chi connectivity index (χ1v) is 8.98. The molecule has 3 aromatic rings. The maximum Gasteiger partial charge on any atom is 0.259 e. The van der Waals surface area contributed by atoms with Gasteiger partial charge in [-0.3, -0.25) is 4.79 Å². The van der Waals surface area contributed by atoms with E-state index in [2.05, 4.69) is 5.32 Å². The molecule has 0 heterocycles. The van der Waals surface area contributed by atoms with E-state index in [1.807, 2.05) is 18.2 Å². The molecule has 0 aliphatic carbocycles. The molecule has 0 saturated carbocycles. The summed E-state index contributed by atoms with van der Waals surface area (Å²) in [4.78, 5) is 12.8. The normalized spacial score (nSPS) is 10.2. The van der Waals surface area contributed by atoms with Gasteiger partial charge >= 0.3 is 0 Å². The van der Waals surface area contributed by atoms with Crippen molar-refractivity contribution in [1.82, 2.24) is 0 Å². The molecule has 28 heavy (non-hydrogen) atoms. The number of hydrogen-bond acceptors (Lipinski definition) is 4. The number of ether oxygens (including phenoxy) is 3. The molecule has 3 aromatic carbocycles. The van der Waals surface area contributed by atoms with E-state index in [0.29, 0.717) is 40.1 Å². The lowest BCUT2D eigenvalue weighted by molar-refractivity contribution is 0.102. The van der Waals surface area contributed by atoms with Crippen molar-refractivity contribution in [2.75, 3.05) is 19.5 Å². The summed E-state index contributed by atoms with van der Waals surface area (Å²) >= 11 is 5.90. The molecular formula is C22H20ClNO4. The number of anilines is 1. The predicted molar refractivity (Wildman–Crippen MR) is 110 cm³/mol. The summed E-state index contributed by atoms with van der Waals surface area (Å²) in [6.07, 6.45) is 0. The van der Waals surface area contributed by atoms with Gasteiger partial charge in [0.05, 0.1) is 25.5 Å². The van der Waals surface area contributed by atoms with Crippen LogP contribution >= 0.6 is 11.6 Å². The van der Waals surface area contributed by atoms with Gasteiger partial charge in [0.1, 0.15) is 23.9 Å². The van der Waals surface area contributed by atoms with Gasteiger partial charge in [0, 0.05) is 11.1 Å². The molecule has 0 aliphatic heterocycles. The SMILES string of the molecule is COc1ccc(NC(=O)c2ccccc2OCc2ccc(Cl)cc2)c(OC)c1. The number of carbonyl (C=O) groups is 1. The van der Waals surface area contributed by atoms with Crippen LogP contribution < -0.4 is 19.5 Å². The monoisotopic (exact) mass is 397 g/mol. The van der Waals surface area contributed by atoms with E-state index in [4.69, 9.17) is 25.8 Å². The van der Waals surface area contributed by atoms with E-state index in [1.54, 1.807) is 55.6 Å². The second-order valence-electron chi connectivity index (χ2n) is 5.93. The van der Waals surface area contributed by atoms with Gasteiger partial charge in [-0.15, -0.1) is 0 Å². The molecule has 0 atom stereocenters. The third-order valence-electron chi connectivity index (χ3n) is 4.10. The van der Waals surface area contributed by atoms with Crippen molar-refractivity contribution in [3.05, 3.63) is 82.9 Å². The third kappa shape index (κ3) is 4.75. The zero-order valence-corrected chi connectivity index (χ0v) is 16.3. The Morgan fingerprint density at radius 3 is 2.39 bits per heavy atom. The number of rotatable bonds is 7. The number of carbonyl (C=O) groups excluding carboxylic acids is 1. The first-order valence-electron chi connectivity index (χ1n) is 8.60. The van der Waals surface area contributed by atoms with Crippen molar-refractivity contribution in [2.24, 2.45) is 0 Å². The zero-order valence-electron chi connectivity index (χ0n) is 15.6. The predicted octanol–water partition coefficient (Wildman–Crippen LogP) is 5.19. The van der Waals surface area contributed by atoms with E-state index >= 15 is 0 Å². The second kappa shape index (κ2) is 9.15. The molecule has 0 bridgehead atoms. The van der Waals surface area contributed by atoms with Crippen molar-refractivity contribution < 1.29 is 19.0 Å². The van der Waals surface area contributed by atoms with Gasteiger partial charge in [-0.05, 0) is 42.0 Å². The number of benzene rings is 3. The maximum absolute atomic E-state index is 12.8. The molecule has 0 aromatic heterocycles. The molecule has 0 unspecified atom stereocenters. The number of nitrogens with one attached hydrogen (secondary N) is 1. The van der Waals surface area contributed by atoms with Crippen LogP contribution in [0.1, 0.15) is 15.9 Å². The van der Waals surface area contributed by atoms with Crippen LogP contribution in [-0.4, -0.2) is 20.1 Å². The average Bonchev–Trinajstić information content (AvgIpc) is 2.73. The van der Waals surface area contributed by atoms with Gasteiger partial charge in [0.2, 0.25) is 0 Å².